The lowest BCUT2D eigenvalue weighted by atomic mass is 10.1. The third-order valence-electron chi connectivity index (χ3n) is 3.70. The van der Waals surface area contributed by atoms with E-state index in [-0.39, 0.29) is 10.8 Å². The number of aryl methyl sites for hydroxylation is 2. The third kappa shape index (κ3) is 4.73. The highest BCUT2D eigenvalue weighted by atomic mass is 32.2. The molecule has 2 rings (SSSR count). The minimum Gasteiger partial charge on any atom is -0.481 e. The molecule has 1 amide bonds. The van der Waals surface area contributed by atoms with E-state index in [2.05, 4.69) is 10.0 Å². The van der Waals surface area contributed by atoms with Gasteiger partial charge < -0.3 is 10.1 Å². The van der Waals surface area contributed by atoms with Crippen LogP contribution in [0.15, 0.2) is 47.4 Å². The molecule has 0 aliphatic rings. The van der Waals surface area contributed by atoms with E-state index in [9.17, 15) is 13.2 Å². The second kappa shape index (κ2) is 7.57. The molecule has 1 atom stereocenters. The largest absolute Gasteiger partial charge is 0.481 e. The maximum atomic E-state index is 12.5. The summed E-state index contributed by atoms with van der Waals surface area (Å²) in [6.45, 7) is 5.36. The van der Waals surface area contributed by atoms with Crippen molar-refractivity contribution in [2.75, 3.05) is 11.8 Å². The highest BCUT2D eigenvalue weighted by molar-refractivity contribution is 7.92. The Kier molecular flexibility index (Phi) is 5.69. The summed E-state index contributed by atoms with van der Waals surface area (Å²) >= 11 is 0. The fraction of sp³-hybridized carbons (Fsp3) is 0.278. The molecule has 2 aromatic rings. The molecule has 0 saturated carbocycles. The van der Waals surface area contributed by atoms with Crippen LogP contribution >= 0.6 is 0 Å². The van der Waals surface area contributed by atoms with E-state index in [0.717, 1.165) is 11.1 Å². The van der Waals surface area contributed by atoms with Crippen molar-refractivity contribution in [3.05, 3.63) is 53.6 Å². The SMILES string of the molecule is CNC(=O)[C@H](C)Oc1ccc(S(=O)(=O)Nc2cc(C)ccc2C)cc1. The molecule has 0 fully saturated rings. The summed E-state index contributed by atoms with van der Waals surface area (Å²) in [5.74, 6) is 0.162. The van der Waals surface area contributed by atoms with Gasteiger partial charge in [0.1, 0.15) is 5.75 Å². The Labute approximate surface area is 148 Å². The second-order valence-electron chi connectivity index (χ2n) is 5.77. The minimum atomic E-state index is -3.70. The van der Waals surface area contributed by atoms with E-state index >= 15 is 0 Å². The lowest BCUT2D eigenvalue weighted by molar-refractivity contribution is -0.126. The van der Waals surface area contributed by atoms with Crippen LogP contribution in [0.1, 0.15) is 18.1 Å². The van der Waals surface area contributed by atoms with E-state index in [4.69, 9.17) is 4.74 Å². The average Bonchev–Trinajstić information content (AvgIpc) is 2.57. The van der Waals surface area contributed by atoms with Gasteiger partial charge in [0.15, 0.2) is 6.10 Å². The van der Waals surface area contributed by atoms with Gasteiger partial charge in [-0.15, -0.1) is 0 Å². The quantitative estimate of drug-likeness (QED) is 0.827. The summed E-state index contributed by atoms with van der Waals surface area (Å²) in [6.07, 6.45) is -0.666. The first-order chi connectivity index (χ1) is 11.7. The number of carbonyl (C=O) groups is 1. The maximum absolute atomic E-state index is 12.5. The predicted molar refractivity (Wildman–Crippen MR) is 97.3 cm³/mol. The van der Waals surface area contributed by atoms with Gasteiger partial charge in [0, 0.05) is 7.05 Å². The Bertz CT molecular complexity index is 861. The van der Waals surface area contributed by atoms with Gasteiger partial charge >= 0.3 is 0 Å². The summed E-state index contributed by atoms with van der Waals surface area (Å²) in [7, 11) is -2.18. The van der Waals surface area contributed by atoms with Crippen molar-refractivity contribution in [1.82, 2.24) is 5.32 Å². The Morgan fingerprint density at radius 2 is 1.72 bits per heavy atom. The van der Waals surface area contributed by atoms with E-state index in [1.54, 1.807) is 13.0 Å². The van der Waals surface area contributed by atoms with Gasteiger partial charge in [0.25, 0.3) is 15.9 Å². The van der Waals surface area contributed by atoms with Gasteiger partial charge in [-0.3, -0.25) is 9.52 Å². The number of anilines is 1. The first kappa shape index (κ1) is 18.8. The number of likely N-dealkylation sites (N-methyl/N-ethyl adjacent to an activating group) is 1. The van der Waals surface area contributed by atoms with E-state index in [1.165, 1.54) is 31.3 Å². The lowest BCUT2D eigenvalue weighted by Crippen LogP contribution is -2.33. The van der Waals surface area contributed by atoms with Crippen molar-refractivity contribution < 1.29 is 17.9 Å². The number of benzene rings is 2. The topological polar surface area (TPSA) is 84.5 Å². The molecule has 0 aliphatic heterocycles. The van der Waals surface area contributed by atoms with E-state index in [0.29, 0.717) is 11.4 Å². The number of carbonyl (C=O) groups excluding carboxylic acids is 1. The van der Waals surface area contributed by atoms with E-state index in [1.807, 2.05) is 26.0 Å². The van der Waals surface area contributed by atoms with Gasteiger partial charge in [0.2, 0.25) is 0 Å². The summed E-state index contributed by atoms with van der Waals surface area (Å²) in [4.78, 5) is 11.6. The first-order valence-electron chi connectivity index (χ1n) is 7.81. The van der Waals surface area contributed by atoms with Crippen LogP contribution in [0.3, 0.4) is 0 Å². The first-order valence-corrected chi connectivity index (χ1v) is 9.29. The highest BCUT2D eigenvalue weighted by Gasteiger charge is 2.17. The Morgan fingerprint density at radius 1 is 1.08 bits per heavy atom. The third-order valence-corrected chi connectivity index (χ3v) is 5.08. The van der Waals surface area contributed by atoms with Crippen LogP contribution in [0.25, 0.3) is 0 Å². The standard InChI is InChI=1S/C18H22N2O4S/c1-12-5-6-13(2)17(11-12)20-25(22,23)16-9-7-15(8-10-16)24-14(3)18(21)19-4/h5-11,14,20H,1-4H3,(H,19,21)/t14-/m0/s1. The number of hydrogen-bond donors (Lipinski definition) is 2. The maximum Gasteiger partial charge on any atom is 0.261 e. The molecule has 2 aromatic carbocycles. The number of rotatable bonds is 6. The molecular weight excluding hydrogens is 340 g/mol. The molecule has 6 nitrogen and oxygen atoms in total. The fourth-order valence-corrected chi connectivity index (χ4v) is 3.33. The summed E-state index contributed by atoms with van der Waals surface area (Å²) in [5.41, 5.74) is 2.36. The van der Waals surface area contributed by atoms with Gasteiger partial charge in [-0.1, -0.05) is 12.1 Å². The average molecular weight is 362 g/mol. The van der Waals surface area contributed by atoms with Crippen LogP contribution in [-0.4, -0.2) is 27.5 Å². The van der Waals surface area contributed by atoms with Crippen LogP contribution in [0, 0.1) is 13.8 Å². The highest BCUT2D eigenvalue weighted by Crippen LogP contribution is 2.23. The molecule has 0 saturated heterocycles. The fourth-order valence-electron chi connectivity index (χ4n) is 2.21. The van der Waals surface area contributed by atoms with Crippen molar-refractivity contribution >= 4 is 21.6 Å². The molecule has 7 heteroatoms. The van der Waals surface area contributed by atoms with Crippen LogP contribution < -0.4 is 14.8 Å². The zero-order valence-corrected chi connectivity index (χ0v) is 15.5. The zero-order chi connectivity index (χ0) is 18.6. The summed E-state index contributed by atoms with van der Waals surface area (Å²) in [6, 6.07) is 11.5. The van der Waals surface area contributed by atoms with Crippen molar-refractivity contribution in [1.29, 1.82) is 0 Å². The molecule has 0 bridgehead atoms. The summed E-state index contributed by atoms with van der Waals surface area (Å²) < 4.78 is 33.1. The molecule has 0 radical (unpaired) electrons. The second-order valence-corrected chi connectivity index (χ2v) is 7.45. The van der Waals surface area contributed by atoms with E-state index < -0.39 is 16.1 Å². The lowest BCUT2D eigenvalue weighted by Gasteiger charge is -2.14. The Morgan fingerprint density at radius 3 is 2.32 bits per heavy atom. The molecular formula is C18H22N2O4S. The number of nitrogens with one attached hydrogen (secondary N) is 2. The number of ether oxygens (including phenoxy) is 1. The van der Waals surface area contributed by atoms with Gasteiger partial charge in [-0.25, -0.2) is 8.42 Å². The molecule has 0 spiro atoms. The monoisotopic (exact) mass is 362 g/mol. The summed E-state index contributed by atoms with van der Waals surface area (Å²) in [5, 5.41) is 2.49. The Hall–Kier alpha value is -2.54. The normalized spacial score (nSPS) is 12.3. The Balaban J connectivity index is 2.17. The van der Waals surface area contributed by atoms with Crippen molar-refractivity contribution in [2.45, 2.75) is 31.8 Å². The molecule has 25 heavy (non-hydrogen) atoms. The number of hydrogen-bond acceptors (Lipinski definition) is 4. The van der Waals surface area contributed by atoms with Crippen LogP contribution in [0.4, 0.5) is 5.69 Å². The van der Waals surface area contributed by atoms with Crippen molar-refractivity contribution in [3.63, 3.8) is 0 Å². The molecule has 0 heterocycles. The number of amides is 1. The van der Waals surface area contributed by atoms with Gasteiger partial charge in [-0.05, 0) is 62.2 Å². The van der Waals surface area contributed by atoms with Gasteiger partial charge in [0.05, 0.1) is 10.6 Å². The number of sulfonamides is 1. The van der Waals surface area contributed by atoms with Crippen LogP contribution in [0.2, 0.25) is 0 Å². The molecule has 0 aliphatic carbocycles. The van der Waals surface area contributed by atoms with Gasteiger partial charge in [-0.2, -0.15) is 0 Å². The molecule has 134 valence electrons. The van der Waals surface area contributed by atoms with Crippen molar-refractivity contribution in [3.8, 4) is 5.75 Å². The zero-order valence-electron chi connectivity index (χ0n) is 14.7. The van der Waals surface area contributed by atoms with Crippen molar-refractivity contribution in [2.24, 2.45) is 0 Å². The molecule has 2 N–H and O–H groups in total. The molecule has 0 aromatic heterocycles. The molecule has 0 unspecified atom stereocenters. The van der Waals surface area contributed by atoms with Crippen LogP contribution in [-0.2, 0) is 14.8 Å². The smallest absolute Gasteiger partial charge is 0.261 e. The predicted octanol–water partition coefficient (Wildman–Crippen LogP) is 2.62. The minimum absolute atomic E-state index is 0.119. The van der Waals surface area contributed by atoms with Crippen LogP contribution in [0.5, 0.6) is 5.75 Å².